The van der Waals surface area contributed by atoms with Gasteiger partial charge >= 0.3 is 0 Å². The van der Waals surface area contributed by atoms with E-state index in [4.69, 9.17) is 11.6 Å². The number of nitrogens with one attached hydrogen (secondary N) is 4. The number of thioether (sulfide) groups is 1. The van der Waals surface area contributed by atoms with Gasteiger partial charge in [-0.25, -0.2) is 19.9 Å². The van der Waals surface area contributed by atoms with Gasteiger partial charge in [-0.05, 0) is 13.2 Å². The van der Waals surface area contributed by atoms with Gasteiger partial charge < -0.3 is 21.3 Å². The Bertz CT molecular complexity index is 1180. The summed E-state index contributed by atoms with van der Waals surface area (Å²) in [7, 11) is 0. The second-order valence-corrected chi connectivity index (χ2v) is 8.56. The summed E-state index contributed by atoms with van der Waals surface area (Å²) < 4.78 is 0. The highest BCUT2D eigenvalue weighted by Crippen LogP contribution is 2.25. The molecular weight excluding hydrogens is 488 g/mol. The average molecular weight is 515 g/mol. The minimum Gasteiger partial charge on any atom is -0.368 e. The molecule has 2 amide bonds. The Hall–Kier alpha value is -3.44. The summed E-state index contributed by atoms with van der Waals surface area (Å²) in [5.74, 6) is 1.39. The van der Waals surface area contributed by atoms with Crippen molar-refractivity contribution in [3.8, 4) is 11.4 Å². The highest BCUT2D eigenvalue weighted by Gasteiger charge is 2.15. The van der Waals surface area contributed by atoms with Crippen molar-refractivity contribution in [3.05, 3.63) is 52.8 Å². The van der Waals surface area contributed by atoms with E-state index in [1.54, 1.807) is 0 Å². The van der Waals surface area contributed by atoms with E-state index < -0.39 is 0 Å². The third kappa shape index (κ3) is 7.52. The van der Waals surface area contributed by atoms with Crippen LogP contribution in [-0.4, -0.2) is 64.2 Å². The van der Waals surface area contributed by atoms with Gasteiger partial charge in [0.25, 0.3) is 5.91 Å². The summed E-state index contributed by atoms with van der Waals surface area (Å²) in [6.45, 7) is 5.10. The molecule has 3 aromatic rings. The Labute approximate surface area is 213 Å². The number of halogens is 1. The first-order valence-corrected chi connectivity index (χ1v) is 12.5. The maximum Gasteiger partial charge on any atom is 0.271 e. The maximum absolute atomic E-state index is 12.5. The van der Waals surface area contributed by atoms with E-state index in [2.05, 4.69) is 41.2 Å². The molecule has 4 N–H and O–H groups in total. The monoisotopic (exact) mass is 514 g/mol. The predicted molar refractivity (Wildman–Crippen MR) is 139 cm³/mol. The molecule has 1 aromatic carbocycles. The minimum absolute atomic E-state index is 0.0893. The first-order valence-electron chi connectivity index (χ1n) is 10.9. The van der Waals surface area contributed by atoms with Gasteiger partial charge in [-0.15, -0.1) is 0 Å². The van der Waals surface area contributed by atoms with Crippen molar-refractivity contribution in [3.63, 3.8) is 0 Å². The van der Waals surface area contributed by atoms with E-state index in [-0.39, 0.29) is 22.5 Å². The highest BCUT2D eigenvalue weighted by molar-refractivity contribution is 7.98. The van der Waals surface area contributed by atoms with Crippen molar-refractivity contribution in [1.29, 1.82) is 0 Å². The predicted octanol–water partition coefficient (Wildman–Crippen LogP) is 3.01. The van der Waals surface area contributed by atoms with Crippen LogP contribution in [0.1, 0.15) is 23.0 Å². The first-order chi connectivity index (χ1) is 16.9. The van der Waals surface area contributed by atoms with E-state index >= 15 is 0 Å². The molecule has 3 rings (SSSR count). The lowest BCUT2D eigenvalue weighted by Crippen LogP contribution is -2.30. The van der Waals surface area contributed by atoms with Gasteiger partial charge in [-0.2, -0.15) is 0 Å². The lowest BCUT2D eigenvalue weighted by Gasteiger charge is -2.16. The van der Waals surface area contributed by atoms with Crippen molar-refractivity contribution < 1.29 is 9.59 Å². The second kappa shape index (κ2) is 12.9. The lowest BCUT2D eigenvalue weighted by molar-refractivity contribution is -0.118. The van der Waals surface area contributed by atoms with Gasteiger partial charge in [0.05, 0.1) is 11.2 Å². The zero-order chi connectivity index (χ0) is 25.2. The van der Waals surface area contributed by atoms with Gasteiger partial charge in [0.15, 0.2) is 16.7 Å². The number of hydrogen-bond acceptors (Lipinski definition) is 9. The molecule has 0 saturated carbocycles. The molecule has 10 nitrogen and oxygen atoms in total. The van der Waals surface area contributed by atoms with Crippen LogP contribution in [0.25, 0.3) is 11.4 Å². The normalized spacial score (nSPS) is 10.5. The van der Waals surface area contributed by atoms with Crippen LogP contribution in [0.4, 0.5) is 11.6 Å². The topological polar surface area (TPSA) is 134 Å². The van der Waals surface area contributed by atoms with Crippen molar-refractivity contribution in [2.75, 3.05) is 43.1 Å². The number of anilines is 2. The van der Waals surface area contributed by atoms with Gasteiger partial charge in [-0.3, -0.25) is 9.59 Å². The molecule has 0 saturated heterocycles. The number of benzene rings is 1. The zero-order valence-electron chi connectivity index (χ0n) is 19.7. The molecule has 2 heterocycles. The highest BCUT2D eigenvalue weighted by atomic mass is 35.5. The maximum atomic E-state index is 12.5. The number of carbonyl (C=O) groups excluding carboxylic acids is 2. The fourth-order valence-electron chi connectivity index (χ4n) is 3.05. The molecule has 12 heteroatoms. The van der Waals surface area contributed by atoms with Gasteiger partial charge in [0.2, 0.25) is 5.91 Å². The van der Waals surface area contributed by atoms with Gasteiger partial charge in [0, 0.05) is 44.2 Å². The van der Waals surface area contributed by atoms with Crippen LogP contribution in [0.15, 0.2) is 41.7 Å². The molecule has 184 valence electrons. The zero-order valence-corrected chi connectivity index (χ0v) is 21.3. The quantitative estimate of drug-likeness (QED) is 0.173. The van der Waals surface area contributed by atoms with Gasteiger partial charge in [0.1, 0.15) is 11.6 Å². The summed E-state index contributed by atoms with van der Waals surface area (Å²) >= 11 is 7.41. The standard InChI is InChI=1S/C23H27ClN8O2S/c1-14-19(26-10-9-25-15(2)33)31-21(16-7-5-4-6-8-16)32-20(14)27-11-12-28-22(34)18-17(24)13-29-23(30-18)35-3/h4-8,13H,9-12H2,1-3H3,(H,25,33)(H,28,34)(H2,26,27,31,32). The third-order valence-electron chi connectivity index (χ3n) is 4.79. The van der Waals surface area contributed by atoms with E-state index in [0.29, 0.717) is 48.8 Å². The number of rotatable bonds is 11. The van der Waals surface area contributed by atoms with Crippen LogP contribution in [0.5, 0.6) is 0 Å². The van der Waals surface area contributed by atoms with Crippen LogP contribution < -0.4 is 21.3 Å². The van der Waals surface area contributed by atoms with E-state index in [1.165, 1.54) is 24.9 Å². The minimum atomic E-state index is -0.376. The number of amides is 2. The Balaban J connectivity index is 1.68. The molecule has 0 aliphatic rings. The first kappa shape index (κ1) is 26.2. The number of aromatic nitrogens is 4. The van der Waals surface area contributed by atoms with E-state index in [9.17, 15) is 9.59 Å². The molecule has 0 spiro atoms. The molecule has 2 aromatic heterocycles. The van der Waals surface area contributed by atoms with Crippen molar-refractivity contribution in [2.24, 2.45) is 0 Å². The Morgan fingerprint density at radius 2 is 1.57 bits per heavy atom. The molecule has 0 unspecified atom stereocenters. The van der Waals surface area contributed by atoms with Crippen molar-refractivity contribution >= 4 is 46.8 Å². The summed E-state index contributed by atoms with van der Waals surface area (Å²) in [6, 6.07) is 9.64. The largest absolute Gasteiger partial charge is 0.368 e. The molecule has 0 aliphatic carbocycles. The van der Waals surface area contributed by atoms with Crippen molar-refractivity contribution in [1.82, 2.24) is 30.6 Å². The number of nitrogens with zero attached hydrogens (tertiary/aromatic N) is 4. The average Bonchev–Trinajstić information content (AvgIpc) is 2.86. The van der Waals surface area contributed by atoms with Crippen molar-refractivity contribution in [2.45, 2.75) is 19.0 Å². The summed E-state index contributed by atoms with van der Waals surface area (Å²) in [5, 5.41) is 12.8. The summed E-state index contributed by atoms with van der Waals surface area (Å²) in [6.07, 6.45) is 3.24. The third-order valence-corrected chi connectivity index (χ3v) is 5.63. The van der Waals surface area contributed by atoms with Crippen LogP contribution in [0, 0.1) is 6.92 Å². The molecular formula is C23H27ClN8O2S. The summed E-state index contributed by atoms with van der Waals surface area (Å²) in [4.78, 5) is 41.2. The molecule has 0 aliphatic heterocycles. The Kier molecular flexibility index (Phi) is 9.62. The fraction of sp³-hybridized carbons (Fsp3) is 0.304. The smallest absolute Gasteiger partial charge is 0.271 e. The SMILES string of the molecule is CSc1ncc(Cl)c(C(=O)NCCNc2nc(-c3ccccc3)nc(NCCNC(C)=O)c2C)n1. The van der Waals surface area contributed by atoms with E-state index in [0.717, 1.165) is 11.1 Å². The number of carbonyl (C=O) groups is 2. The lowest BCUT2D eigenvalue weighted by atomic mass is 10.2. The van der Waals surface area contributed by atoms with Crippen LogP contribution in [-0.2, 0) is 4.79 Å². The van der Waals surface area contributed by atoms with Crippen LogP contribution >= 0.6 is 23.4 Å². The van der Waals surface area contributed by atoms with Crippen LogP contribution in [0.3, 0.4) is 0 Å². The number of hydrogen-bond donors (Lipinski definition) is 4. The Morgan fingerprint density at radius 3 is 2.17 bits per heavy atom. The summed E-state index contributed by atoms with van der Waals surface area (Å²) in [5.41, 5.74) is 1.83. The second-order valence-electron chi connectivity index (χ2n) is 7.38. The Morgan fingerprint density at radius 1 is 0.943 bits per heavy atom. The van der Waals surface area contributed by atoms with Crippen LogP contribution in [0.2, 0.25) is 5.02 Å². The molecule has 35 heavy (non-hydrogen) atoms. The van der Waals surface area contributed by atoms with Gasteiger partial charge in [-0.1, -0.05) is 53.7 Å². The fourth-order valence-corrected chi connectivity index (χ4v) is 3.56. The molecule has 0 bridgehead atoms. The molecule has 0 atom stereocenters. The van der Waals surface area contributed by atoms with E-state index in [1.807, 2.05) is 43.5 Å². The molecule has 0 fully saturated rings. The molecule has 0 radical (unpaired) electrons.